The first kappa shape index (κ1) is 10.9. The second kappa shape index (κ2) is 7.06. The Balaban J connectivity index is -0.000000125. The Bertz CT molecular complexity index is 55.2. The van der Waals surface area contributed by atoms with Crippen molar-refractivity contribution >= 4 is 8.03 Å². The van der Waals surface area contributed by atoms with Gasteiger partial charge in [-0.15, -0.1) is 4.52 Å². The van der Waals surface area contributed by atoms with Crippen molar-refractivity contribution in [3.63, 3.8) is 0 Å². The summed E-state index contributed by atoms with van der Waals surface area (Å²) in [4.78, 5) is 0. The number of hydrogen-bond acceptors (Lipinski definition) is 2. The van der Waals surface area contributed by atoms with Crippen LogP contribution in [0.2, 0.25) is 0 Å². The molecule has 0 aliphatic carbocycles. The maximum absolute atomic E-state index is 10.1. The molecule has 0 amide bonds. The maximum Gasteiger partial charge on any atom is 1.00 e. The first-order valence-electron chi connectivity index (χ1n) is 1.80. The van der Waals surface area contributed by atoms with Crippen LogP contribution in [0.4, 0.5) is 0 Å². The maximum atomic E-state index is 10.1. The average Bonchev–Trinajstić information content (AvgIpc) is 1.65. The van der Waals surface area contributed by atoms with E-state index in [-0.39, 0.29) is 31.0 Å². The van der Waals surface area contributed by atoms with E-state index in [4.69, 9.17) is 0 Å². The summed E-state index contributed by atoms with van der Waals surface area (Å²) >= 11 is 0. The molecular weight excluding hydrogens is 122 g/mol. The zero-order valence-electron chi connectivity index (χ0n) is 5.97. The van der Waals surface area contributed by atoms with Gasteiger partial charge in [0.2, 0.25) is 0 Å². The summed E-state index contributed by atoms with van der Waals surface area (Å²) in [6.45, 7) is 1.82. The van der Waals surface area contributed by atoms with Crippen molar-refractivity contribution in [2.75, 3.05) is 13.3 Å². The summed E-state index contributed by atoms with van der Waals surface area (Å²) in [6, 6.07) is 0. The van der Waals surface area contributed by atoms with Gasteiger partial charge in [0.25, 0.3) is 0 Å². The van der Waals surface area contributed by atoms with Crippen LogP contribution in [0.25, 0.3) is 0 Å². The van der Waals surface area contributed by atoms with Gasteiger partial charge in [-0.1, -0.05) is 0 Å². The second-order valence-electron chi connectivity index (χ2n) is 0.832. The van der Waals surface area contributed by atoms with Crippen LogP contribution in [0.3, 0.4) is 0 Å². The molecule has 0 aliphatic rings. The molecule has 0 rings (SSSR count). The molecule has 1 atom stereocenters. The van der Waals surface area contributed by atoms with Crippen molar-refractivity contribution in [2.24, 2.45) is 0 Å². The molecule has 2 nitrogen and oxygen atoms in total. The fourth-order valence-electron chi connectivity index (χ4n) is 0.129. The van der Waals surface area contributed by atoms with Crippen LogP contribution in [0.5, 0.6) is 0 Å². The number of rotatable bonds is 2. The van der Waals surface area contributed by atoms with Gasteiger partial charge in [0.1, 0.15) is 0 Å². The molecular formula is C3H9NaO2P+. The molecule has 0 aliphatic heterocycles. The summed E-state index contributed by atoms with van der Waals surface area (Å²) in [6.07, 6.45) is 0.617. The quantitative estimate of drug-likeness (QED) is 0.337. The van der Waals surface area contributed by atoms with Gasteiger partial charge in [-0.05, 0) is 11.5 Å². The molecule has 0 aromatic rings. The molecule has 0 aromatic carbocycles. The summed E-state index contributed by atoms with van der Waals surface area (Å²) in [5, 5.41) is 0. The van der Waals surface area contributed by atoms with Crippen molar-refractivity contribution in [3.05, 3.63) is 0 Å². The van der Waals surface area contributed by atoms with Crippen LogP contribution in [0, 0.1) is 0 Å². The van der Waals surface area contributed by atoms with Gasteiger partial charge in [0.15, 0.2) is 6.16 Å². The molecule has 0 radical (unpaired) electrons. The molecule has 0 saturated carbocycles. The molecule has 0 spiro atoms. The third kappa shape index (κ3) is 7.06. The Morgan fingerprint density at radius 2 is 2.29 bits per heavy atom. The largest absolute Gasteiger partial charge is 1.00 e. The fraction of sp³-hybridized carbons (Fsp3) is 1.00. The van der Waals surface area contributed by atoms with Crippen LogP contribution >= 0.6 is 8.03 Å². The standard InChI is InChI=1S/C3H8O2P.Na.H/c1-3-6(4)5-2;;/h3H2,1-2H3;;/q2*+1;-1. The van der Waals surface area contributed by atoms with E-state index in [1.165, 1.54) is 7.11 Å². The van der Waals surface area contributed by atoms with Gasteiger partial charge in [-0.3, -0.25) is 0 Å². The van der Waals surface area contributed by atoms with Gasteiger partial charge in [-0.2, -0.15) is 0 Å². The fourth-order valence-corrected chi connectivity index (χ4v) is 0.387. The molecule has 0 heterocycles. The van der Waals surface area contributed by atoms with Crippen molar-refractivity contribution in [2.45, 2.75) is 6.92 Å². The van der Waals surface area contributed by atoms with E-state index in [0.29, 0.717) is 6.16 Å². The molecule has 0 saturated heterocycles. The first-order chi connectivity index (χ1) is 2.81. The molecule has 0 N–H and O–H groups in total. The summed E-state index contributed by atoms with van der Waals surface area (Å²) < 4.78 is 14.5. The van der Waals surface area contributed by atoms with Crippen molar-refractivity contribution in [1.82, 2.24) is 0 Å². The molecule has 1 unspecified atom stereocenters. The second-order valence-corrected chi connectivity index (χ2v) is 2.49. The Morgan fingerprint density at radius 3 is 2.29 bits per heavy atom. The SMILES string of the molecule is CC[P+](=O)OC.[H-].[Na+]. The van der Waals surface area contributed by atoms with Gasteiger partial charge in [-0.25, -0.2) is 0 Å². The summed E-state index contributed by atoms with van der Waals surface area (Å²) in [7, 11) is 0.120. The van der Waals surface area contributed by atoms with E-state index in [9.17, 15) is 4.57 Å². The van der Waals surface area contributed by atoms with Crippen molar-refractivity contribution in [3.8, 4) is 0 Å². The molecule has 38 valence electrons. The third-order valence-electron chi connectivity index (χ3n) is 0.462. The smallest absolute Gasteiger partial charge is 1.00 e. The van der Waals surface area contributed by atoms with Gasteiger partial charge in [0, 0.05) is 0 Å². The average molecular weight is 131 g/mol. The minimum Gasteiger partial charge on any atom is -1.00 e. The molecule has 0 fully saturated rings. The third-order valence-corrected chi connectivity index (χ3v) is 1.39. The zero-order chi connectivity index (χ0) is 4.99. The van der Waals surface area contributed by atoms with E-state index in [0.717, 1.165) is 0 Å². The van der Waals surface area contributed by atoms with E-state index in [1.54, 1.807) is 0 Å². The minimum absolute atomic E-state index is 0. The van der Waals surface area contributed by atoms with Crippen LogP contribution < -0.4 is 29.6 Å². The molecule has 4 heteroatoms. The van der Waals surface area contributed by atoms with E-state index >= 15 is 0 Å². The van der Waals surface area contributed by atoms with E-state index in [1.807, 2.05) is 6.92 Å². The van der Waals surface area contributed by atoms with Crippen LogP contribution in [-0.4, -0.2) is 13.3 Å². The molecule has 0 bridgehead atoms. The van der Waals surface area contributed by atoms with E-state index in [2.05, 4.69) is 4.52 Å². The summed E-state index contributed by atoms with van der Waals surface area (Å²) in [5.74, 6) is 0. The van der Waals surface area contributed by atoms with Gasteiger partial charge < -0.3 is 1.43 Å². The van der Waals surface area contributed by atoms with Crippen molar-refractivity contribution in [1.29, 1.82) is 0 Å². The predicted molar refractivity (Wildman–Crippen MR) is 26.3 cm³/mol. The van der Waals surface area contributed by atoms with Gasteiger partial charge in [0.05, 0.1) is 7.11 Å². The number of hydrogen-bond donors (Lipinski definition) is 0. The van der Waals surface area contributed by atoms with Crippen LogP contribution in [-0.2, 0) is 9.09 Å². The Labute approximate surface area is 68.3 Å². The normalized spacial score (nSPS) is 9.71. The van der Waals surface area contributed by atoms with Crippen LogP contribution in [0.15, 0.2) is 0 Å². The Hall–Kier alpha value is 1.06. The Morgan fingerprint density at radius 1 is 1.86 bits per heavy atom. The minimum atomic E-state index is -1.33. The van der Waals surface area contributed by atoms with E-state index < -0.39 is 8.03 Å². The topological polar surface area (TPSA) is 26.3 Å². The molecule has 7 heavy (non-hydrogen) atoms. The predicted octanol–water partition coefficient (Wildman–Crippen LogP) is -1.49. The summed E-state index contributed by atoms with van der Waals surface area (Å²) in [5.41, 5.74) is 0. The zero-order valence-corrected chi connectivity index (χ0v) is 7.87. The monoisotopic (exact) mass is 131 g/mol. The first-order valence-corrected chi connectivity index (χ1v) is 3.16. The van der Waals surface area contributed by atoms with Crippen molar-refractivity contribution < 1.29 is 40.1 Å². The Kier molecular flexibility index (Phi) is 11.0. The van der Waals surface area contributed by atoms with Crippen LogP contribution in [0.1, 0.15) is 8.35 Å². The molecule has 0 aromatic heterocycles. The van der Waals surface area contributed by atoms with Gasteiger partial charge >= 0.3 is 37.6 Å².